The highest BCUT2D eigenvalue weighted by Crippen LogP contribution is 2.44. The molecule has 1 aromatic rings. The van der Waals surface area contributed by atoms with E-state index in [1.54, 1.807) is 13.8 Å². The van der Waals surface area contributed by atoms with E-state index in [1.165, 1.54) is 19.9 Å². The molecule has 2 rings (SSSR count). The first-order chi connectivity index (χ1) is 18.2. The van der Waals surface area contributed by atoms with Gasteiger partial charge in [0.15, 0.2) is 6.10 Å². The quantitative estimate of drug-likeness (QED) is 0.348. The molecular weight excluding hydrogens is 518 g/mol. The Morgan fingerprint density at radius 3 is 2.28 bits per heavy atom. The molecule has 0 spiro atoms. The summed E-state index contributed by atoms with van der Waals surface area (Å²) in [5.74, 6) is -7.32. The second-order valence-corrected chi connectivity index (χ2v) is 10.4. The second-order valence-electron chi connectivity index (χ2n) is 10.4. The number of hydrogen-bond donors (Lipinski definition) is 2. The summed E-state index contributed by atoms with van der Waals surface area (Å²) in [5.41, 5.74) is 4.64. The van der Waals surface area contributed by atoms with Crippen LogP contribution >= 0.6 is 0 Å². The van der Waals surface area contributed by atoms with Crippen molar-refractivity contribution in [1.82, 2.24) is 9.55 Å². The van der Waals surface area contributed by atoms with Crippen molar-refractivity contribution in [2.75, 3.05) is 11.9 Å². The van der Waals surface area contributed by atoms with Crippen LogP contribution in [0.2, 0.25) is 0 Å². The smallest absolute Gasteiger partial charge is 0.351 e. The average Bonchev–Trinajstić information content (AvgIpc) is 3.10. The molecule has 220 valence electrons. The summed E-state index contributed by atoms with van der Waals surface area (Å²) >= 11 is 0. The van der Waals surface area contributed by atoms with E-state index in [2.05, 4.69) is 10.3 Å². The van der Waals surface area contributed by atoms with E-state index in [-0.39, 0.29) is 23.6 Å². The van der Waals surface area contributed by atoms with Gasteiger partial charge >= 0.3 is 23.6 Å². The fourth-order valence-electron chi connectivity index (χ4n) is 4.03. The van der Waals surface area contributed by atoms with Crippen LogP contribution in [0, 0.1) is 17.8 Å². The standard InChI is InChI=1S/C26H40F2N4O7/c1-7-9-16(10-8-2)21(33)30-18-11-12-32(25(36)31-18)24-26(27,28)20(39-22(34)15(5)6)17(38-24)13-37-23(35)19(29)14(3)4/h11-12,14-17,19-20,24H,7-10,13,29H2,1-6H3,(H,30,31,33,36)/t17-,19?,20-,24-/m1/s1. The summed E-state index contributed by atoms with van der Waals surface area (Å²) in [4.78, 5) is 53.5. The van der Waals surface area contributed by atoms with Gasteiger partial charge in [0.25, 0.3) is 0 Å². The van der Waals surface area contributed by atoms with Gasteiger partial charge in [0.1, 0.15) is 24.6 Å². The van der Waals surface area contributed by atoms with Crippen LogP contribution in [-0.2, 0) is 28.6 Å². The molecule has 1 amide bonds. The lowest BCUT2D eigenvalue weighted by Crippen LogP contribution is -2.46. The van der Waals surface area contributed by atoms with Crippen molar-refractivity contribution in [3.05, 3.63) is 22.7 Å². The van der Waals surface area contributed by atoms with Crippen LogP contribution in [0.25, 0.3) is 0 Å². The molecule has 13 heteroatoms. The largest absolute Gasteiger partial charge is 0.462 e. The summed E-state index contributed by atoms with van der Waals surface area (Å²) < 4.78 is 47.3. The Hall–Kier alpha value is -2.93. The highest BCUT2D eigenvalue weighted by Gasteiger charge is 2.63. The zero-order chi connectivity index (χ0) is 29.5. The number of alkyl halides is 2. The third-order valence-electron chi connectivity index (χ3n) is 6.42. The topological polar surface area (TPSA) is 152 Å². The van der Waals surface area contributed by atoms with Crippen molar-refractivity contribution in [3.8, 4) is 0 Å². The van der Waals surface area contributed by atoms with Crippen molar-refractivity contribution < 1.29 is 37.4 Å². The SMILES string of the molecule is CCCC(CCC)C(=O)Nc1ccn([C@@H]2O[C@H](COC(=O)C(N)C(C)C)[C@@H](OC(=O)C(C)C)C2(F)F)c(=O)n1. The van der Waals surface area contributed by atoms with Crippen LogP contribution in [0.5, 0.6) is 0 Å². The maximum absolute atomic E-state index is 15.6. The number of nitrogens with zero attached hydrogens (tertiary/aromatic N) is 2. The zero-order valence-corrected chi connectivity index (χ0v) is 23.3. The van der Waals surface area contributed by atoms with Gasteiger partial charge in [0, 0.05) is 12.1 Å². The maximum Gasteiger partial charge on any atom is 0.351 e. The van der Waals surface area contributed by atoms with E-state index < -0.39 is 60.6 Å². The predicted octanol–water partition coefficient (Wildman–Crippen LogP) is 3.03. The van der Waals surface area contributed by atoms with Crippen molar-refractivity contribution in [2.24, 2.45) is 23.5 Å². The summed E-state index contributed by atoms with van der Waals surface area (Å²) in [6.07, 6.45) is -2.05. The molecule has 39 heavy (non-hydrogen) atoms. The highest BCUT2D eigenvalue weighted by atomic mass is 19.3. The molecule has 0 aliphatic carbocycles. The monoisotopic (exact) mass is 558 g/mol. The van der Waals surface area contributed by atoms with Gasteiger partial charge in [0.2, 0.25) is 12.1 Å². The van der Waals surface area contributed by atoms with Crippen LogP contribution in [0.3, 0.4) is 0 Å². The lowest BCUT2D eigenvalue weighted by molar-refractivity contribution is -0.180. The molecule has 3 N–H and O–H groups in total. The molecule has 1 aromatic heterocycles. The van der Waals surface area contributed by atoms with Gasteiger partial charge < -0.3 is 25.3 Å². The van der Waals surface area contributed by atoms with E-state index in [0.717, 1.165) is 19.0 Å². The number of hydrogen-bond acceptors (Lipinski definition) is 9. The van der Waals surface area contributed by atoms with Gasteiger partial charge in [-0.2, -0.15) is 13.8 Å². The number of carbonyl (C=O) groups excluding carboxylic acids is 3. The summed E-state index contributed by atoms with van der Waals surface area (Å²) in [5, 5.41) is 2.57. The van der Waals surface area contributed by atoms with Crippen molar-refractivity contribution in [3.63, 3.8) is 0 Å². The Morgan fingerprint density at radius 1 is 1.15 bits per heavy atom. The minimum atomic E-state index is -3.90. The lowest BCUT2D eigenvalue weighted by atomic mass is 9.97. The molecule has 0 bridgehead atoms. The molecule has 2 heterocycles. The minimum Gasteiger partial charge on any atom is -0.462 e. The fourth-order valence-corrected chi connectivity index (χ4v) is 4.03. The summed E-state index contributed by atoms with van der Waals surface area (Å²) in [6.45, 7) is 9.54. The minimum absolute atomic E-state index is 0.0873. The van der Waals surface area contributed by atoms with Crippen LogP contribution < -0.4 is 16.7 Å². The Morgan fingerprint density at radius 2 is 1.77 bits per heavy atom. The van der Waals surface area contributed by atoms with Crippen molar-refractivity contribution >= 4 is 23.7 Å². The van der Waals surface area contributed by atoms with Gasteiger partial charge in [-0.05, 0) is 24.8 Å². The first kappa shape index (κ1) is 32.3. The number of nitrogens with two attached hydrogens (primary N) is 1. The van der Waals surface area contributed by atoms with E-state index in [1.807, 2.05) is 13.8 Å². The average molecular weight is 559 g/mol. The molecule has 0 aromatic carbocycles. The van der Waals surface area contributed by atoms with Gasteiger partial charge in [-0.15, -0.1) is 0 Å². The molecule has 0 saturated carbocycles. The van der Waals surface area contributed by atoms with Gasteiger partial charge in [0.05, 0.1) is 5.92 Å². The predicted molar refractivity (Wildman–Crippen MR) is 138 cm³/mol. The number of esters is 2. The Balaban J connectivity index is 2.30. The number of anilines is 1. The molecule has 11 nitrogen and oxygen atoms in total. The maximum atomic E-state index is 15.6. The molecule has 1 fully saturated rings. The Labute approximate surface area is 226 Å². The number of aromatic nitrogens is 2. The van der Waals surface area contributed by atoms with E-state index in [9.17, 15) is 19.2 Å². The second kappa shape index (κ2) is 13.9. The molecule has 4 atom stereocenters. The van der Waals surface area contributed by atoms with E-state index >= 15 is 8.78 Å². The van der Waals surface area contributed by atoms with Crippen LogP contribution in [0.15, 0.2) is 17.1 Å². The van der Waals surface area contributed by atoms with Crippen LogP contribution in [0.1, 0.15) is 73.5 Å². The lowest BCUT2D eigenvalue weighted by Gasteiger charge is -2.25. The van der Waals surface area contributed by atoms with Crippen molar-refractivity contribution in [2.45, 2.75) is 97.6 Å². The third-order valence-corrected chi connectivity index (χ3v) is 6.42. The normalized spacial score (nSPS) is 21.3. The number of rotatable bonds is 13. The van der Waals surface area contributed by atoms with Gasteiger partial charge in [-0.1, -0.05) is 54.4 Å². The highest BCUT2D eigenvalue weighted by molar-refractivity contribution is 5.91. The van der Waals surface area contributed by atoms with E-state index in [0.29, 0.717) is 17.4 Å². The number of halogens is 2. The van der Waals surface area contributed by atoms with Crippen molar-refractivity contribution in [1.29, 1.82) is 0 Å². The molecule has 1 unspecified atom stereocenters. The molecule has 1 saturated heterocycles. The number of nitrogens with one attached hydrogen (secondary N) is 1. The van der Waals surface area contributed by atoms with Gasteiger partial charge in [-0.25, -0.2) is 4.79 Å². The van der Waals surface area contributed by atoms with Gasteiger partial charge in [-0.3, -0.25) is 19.0 Å². The van der Waals surface area contributed by atoms with E-state index in [4.69, 9.17) is 19.9 Å². The first-order valence-electron chi connectivity index (χ1n) is 13.3. The van der Waals surface area contributed by atoms with Crippen LogP contribution in [0.4, 0.5) is 14.6 Å². The third kappa shape index (κ3) is 8.04. The molecular formula is C26H40F2N4O7. The molecule has 0 radical (unpaired) electrons. The first-order valence-corrected chi connectivity index (χ1v) is 13.3. The number of ether oxygens (including phenoxy) is 3. The summed E-state index contributed by atoms with van der Waals surface area (Å²) in [7, 11) is 0. The number of carbonyl (C=O) groups is 3. The Bertz CT molecular complexity index is 1060. The number of amides is 1. The molecule has 1 aliphatic heterocycles. The Kier molecular flexibility index (Phi) is 11.5. The summed E-state index contributed by atoms with van der Waals surface area (Å²) in [6, 6.07) is 0.209. The fraction of sp³-hybridized carbons (Fsp3) is 0.731. The van der Waals surface area contributed by atoms with Crippen LogP contribution in [-0.4, -0.2) is 58.2 Å². The molecule has 1 aliphatic rings. The zero-order valence-electron chi connectivity index (χ0n) is 23.3.